The van der Waals surface area contributed by atoms with Gasteiger partial charge in [-0.3, -0.25) is 0 Å². The Morgan fingerprint density at radius 3 is 2.33 bits per heavy atom. The standard InChI is InChI=1S/C30H47NO7Si/c1-9-33-20-35-26-18-23-17-24(31)14-12-16-25(38-39(7,8)30(4,5)6)15-11-13-22(3)37-29(32)28(23)27(19-26)36-21-34-10-2/h11-12,14-15,18-19,22,25,31H,9-10,13,16-17,20-21H2,1-8H3/b14-12+,15-11+,31-24?/t22-,25-/m1/s1. The van der Waals surface area contributed by atoms with Crippen molar-refractivity contribution in [3.05, 3.63) is 47.6 Å². The summed E-state index contributed by atoms with van der Waals surface area (Å²) < 4.78 is 34.7. The first-order valence-electron chi connectivity index (χ1n) is 13.7. The third-order valence-corrected chi connectivity index (χ3v) is 11.3. The summed E-state index contributed by atoms with van der Waals surface area (Å²) in [7, 11) is -2.01. The van der Waals surface area contributed by atoms with E-state index in [0.29, 0.717) is 43.1 Å². The fourth-order valence-electron chi connectivity index (χ4n) is 3.64. The lowest BCUT2D eigenvalue weighted by Crippen LogP contribution is -2.43. The Morgan fingerprint density at radius 2 is 1.69 bits per heavy atom. The molecule has 1 N–H and O–H groups in total. The molecular formula is C30H47NO7Si. The maximum absolute atomic E-state index is 13.4. The van der Waals surface area contributed by atoms with Crippen LogP contribution in [0.5, 0.6) is 11.5 Å². The summed E-state index contributed by atoms with van der Waals surface area (Å²) in [6.45, 7) is 17.7. The van der Waals surface area contributed by atoms with Gasteiger partial charge < -0.3 is 33.5 Å². The first-order chi connectivity index (χ1) is 18.4. The van der Waals surface area contributed by atoms with Crippen LogP contribution in [-0.4, -0.2) is 59.0 Å². The van der Waals surface area contributed by atoms with Crippen LogP contribution >= 0.6 is 0 Å². The zero-order chi connectivity index (χ0) is 29.1. The number of allylic oxidation sites excluding steroid dienone is 1. The molecule has 9 heteroatoms. The van der Waals surface area contributed by atoms with Crippen molar-refractivity contribution in [1.29, 1.82) is 5.41 Å². The van der Waals surface area contributed by atoms with Crippen molar-refractivity contribution in [2.24, 2.45) is 0 Å². The van der Waals surface area contributed by atoms with Gasteiger partial charge in [-0.1, -0.05) is 39.0 Å². The topological polar surface area (TPSA) is 96.3 Å². The minimum Gasteiger partial charge on any atom is -0.467 e. The Hall–Kier alpha value is -2.46. The second kappa shape index (κ2) is 15.4. The molecule has 1 aromatic rings. The highest BCUT2D eigenvalue weighted by Gasteiger charge is 2.38. The van der Waals surface area contributed by atoms with Crippen LogP contribution in [0, 0.1) is 5.41 Å². The van der Waals surface area contributed by atoms with E-state index in [1.807, 2.05) is 32.9 Å². The number of carbonyl (C=O) groups is 1. The van der Waals surface area contributed by atoms with E-state index in [2.05, 4.69) is 39.9 Å². The fraction of sp³-hybridized carbons (Fsp3) is 0.600. The molecule has 2 atom stereocenters. The van der Waals surface area contributed by atoms with Gasteiger partial charge in [0.15, 0.2) is 21.9 Å². The van der Waals surface area contributed by atoms with Crippen LogP contribution in [-0.2, 0) is 25.1 Å². The summed E-state index contributed by atoms with van der Waals surface area (Å²) in [5.41, 5.74) is 1.18. The van der Waals surface area contributed by atoms with Crippen molar-refractivity contribution >= 4 is 20.0 Å². The van der Waals surface area contributed by atoms with E-state index in [1.54, 1.807) is 18.2 Å². The molecule has 2 rings (SSSR count). The van der Waals surface area contributed by atoms with Crippen LogP contribution in [0.15, 0.2) is 36.4 Å². The van der Waals surface area contributed by atoms with Gasteiger partial charge in [0.25, 0.3) is 0 Å². The number of benzene rings is 1. The number of esters is 1. The molecule has 1 aromatic carbocycles. The molecule has 1 aliphatic rings. The van der Waals surface area contributed by atoms with Crippen molar-refractivity contribution in [3.63, 3.8) is 0 Å². The Balaban J connectivity index is 2.44. The quantitative estimate of drug-likeness (QED) is 0.110. The number of ether oxygens (including phenoxy) is 5. The molecule has 0 spiro atoms. The molecule has 0 fully saturated rings. The lowest BCUT2D eigenvalue weighted by Gasteiger charge is -2.38. The van der Waals surface area contributed by atoms with Gasteiger partial charge in [0.1, 0.15) is 23.2 Å². The van der Waals surface area contributed by atoms with Crippen LogP contribution in [0.25, 0.3) is 0 Å². The van der Waals surface area contributed by atoms with E-state index >= 15 is 0 Å². The van der Waals surface area contributed by atoms with Gasteiger partial charge in [0.2, 0.25) is 0 Å². The highest BCUT2D eigenvalue weighted by atomic mass is 28.4. The predicted octanol–water partition coefficient (Wildman–Crippen LogP) is 6.84. The Morgan fingerprint density at radius 1 is 1.03 bits per heavy atom. The van der Waals surface area contributed by atoms with Gasteiger partial charge in [-0.15, -0.1) is 0 Å². The van der Waals surface area contributed by atoms with Gasteiger partial charge in [0.05, 0.1) is 6.10 Å². The molecule has 0 bridgehead atoms. The van der Waals surface area contributed by atoms with Crippen LogP contribution in [0.4, 0.5) is 0 Å². The van der Waals surface area contributed by atoms with E-state index in [4.69, 9.17) is 33.5 Å². The molecule has 8 nitrogen and oxygen atoms in total. The summed E-state index contributed by atoms with van der Waals surface area (Å²) in [4.78, 5) is 13.4. The van der Waals surface area contributed by atoms with Gasteiger partial charge in [-0.05, 0) is 63.0 Å². The number of hydrogen-bond donors (Lipinski definition) is 1. The van der Waals surface area contributed by atoms with Crippen molar-refractivity contribution < 1.29 is 32.9 Å². The molecule has 0 aromatic heterocycles. The summed E-state index contributed by atoms with van der Waals surface area (Å²) in [5, 5.41) is 8.73. The number of cyclic esters (lactones) is 1. The van der Waals surface area contributed by atoms with E-state index < -0.39 is 14.3 Å². The SMILES string of the molecule is CCOCOc1cc2c(c(OCOCC)c1)C(=O)O[C@H](C)C/C=C/[C@@H](O[Si](C)(C)C(C)(C)C)C/C=C/C(=N)C2. The van der Waals surface area contributed by atoms with Gasteiger partial charge in [0, 0.05) is 37.8 Å². The minimum atomic E-state index is -2.01. The number of fused-ring (bicyclic) bond motifs is 1. The third-order valence-electron chi connectivity index (χ3n) is 6.82. The molecule has 39 heavy (non-hydrogen) atoms. The molecule has 1 heterocycles. The Bertz CT molecular complexity index is 1010. The molecule has 0 radical (unpaired) electrons. The highest BCUT2D eigenvalue weighted by Crippen LogP contribution is 2.38. The maximum Gasteiger partial charge on any atom is 0.342 e. The van der Waals surface area contributed by atoms with Crippen LogP contribution in [0.2, 0.25) is 18.1 Å². The van der Waals surface area contributed by atoms with Crippen LogP contribution in [0.1, 0.15) is 70.3 Å². The lowest BCUT2D eigenvalue weighted by molar-refractivity contribution is 0.0161. The number of hydrogen-bond acceptors (Lipinski definition) is 8. The van der Waals surface area contributed by atoms with E-state index in [1.165, 1.54) is 0 Å². The largest absolute Gasteiger partial charge is 0.467 e. The van der Waals surface area contributed by atoms with E-state index in [0.717, 1.165) is 0 Å². The summed E-state index contributed by atoms with van der Waals surface area (Å²) in [5.74, 6) is 0.238. The molecule has 218 valence electrons. The van der Waals surface area contributed by atoms with Crippen LogP contribution < -0.4 is 9.47 Å². The third kappa shape index (κ3) is 10.6. The lowest BCUT2D eigenvalue weighted by atomic mass is 9.99. The zero-order valence-electron chi connectivity index (χ0n) is 24.9. The first kappa shape index (κ1) is 32.7. The van der Waals surface area contributed by atoms with E-state index in [9.17, 15) is 4.79 Å². The van der Waals surface area contributed by atoms with Crippen molar-refractivity contribution in [3.8, 4) is 11.5 Å². The molecule has 0 unspecified atom stereocenters. The molecule has 0 saturated carbocycles. The second-order valence-corrected chi connectivity index (χ2v) is 15.9. The minimum absolute atomic E-state index is 0.0314. The number of nitrogens with one attached hydrogen (secondary N) is 1. The average molecular weight is 562 g/mol. The average Bonchev–Trinajstić information content (AvgIpc) is 2.82. The number of carbonyl (C=O) groups excluding carboxylic acids is 1. The highest BCUT2D eigenvalue weighted by molar-refractivity contribution is 6.74. The predicted molar refractivity (Wildman–Crippen MR) is 157 cm³/mol. The Labute approximate surface area is 235 Å². The molecular weight excluding hydrogens is 514 g/mol. The maximum atomic E-state index is 13.4. The molecule has 0 saturated heterocycles. The summed E-state index contributed by atoms with van der Waals surface area (Å²) >= 11 is 0. The van der Waals surface area contributed by atoms with Crippen molar-refractivity contribution in [2.45, 2.75) is 91.1 Å². The zero-order valence-corrected chi connectivity index (χ0v) is 25.9. The van der Waals surface area contributed by atoms with Crippen LogP contribution in [0.3, 0.4) is 0 Å². The fourth-order valence-corrected chi connectivity index (χ4v) is 4.92. The summed E-state index contributed by atoms with van der Waals surface area (Å²) in [6, 6.07) is 3.37. The van der Waals surface area contributed by atoms with Crippen molar-refractivity contribution in [1.82, 2.24) is 0 Å². The summed E-state index contributed by atoms with van der Waals surface area (Å²) in [6.07, 6.45) is 8.70. The van der Waals surface area contributed by atoms with Gasteiger partial charge in [-0.2, -0.15) is 0 Å². The normalized spacial score (nSPS) is 20.9. The van der Waals surface area contributed by atoms with Crippen molar-refractivity contribution in [2.75, 3.05) is 26.8 Å². The van der Waals surface area contributed by atoms with E-state index in [-0.39, 0.29) is 48.6 Å². The molecule has 0 aliphatic carbocycles. The number of rotatable bonds is 10. The Kier molecular flexibility index (Phi) is 12.9. The first-order valence-corrected chi connectivity index (χ1v) is 16.7. The monoisotopic (exact) mass is 561 g/mol. The molecule has 0 amide bonds. The smallest absolute Gasteiger partial charge is 0.342 e. The van der Waals surface area contributed by atoms with Gasteiger partial charge in [-0.25, -0.2) is 4.79 Å². The molecule has 1 aliphatic heterocycles. The van der Waals surface area contributed by atoms with Gasteiger partial charge >= 0.3 is 5.97 Å². The second-order valence-electron chi connectivity index (χ2n) is 11.1.